The zero-order valence-electron chi connectivity index (χ0n) is 21.9. The number of hydrogen-bond donors (Lipinski definition) is 3. The Morgan fingerprint density at radius 2 is 1.36 bits per heavy atom. The summed E-state index contributed by atoms with van der Waals surface area (Å²) in [5.41, 5.74) is 4.06. The number of rotatable bonds is 10. The Morgan fingerprint density at radius 3 is 1.81 bits per heavy atom. The topological polar surface area (TPSA) is 163 Å². The predicted octanol–water partition coefficient (Wildman–Crippen LogP) is 1.96. The summed E-state index contributed by atoms with van der Waals surface area (Å²) in [6.45, 7) is 11.0. The van der Waals surface area contributed by atoms with Crippen molar-refractivity contribution in [3.63, 3.8) is 0 Å². The highest BCUT2D eigenvalue weighted by Gasteiger charge is 2.39. The fourth-order valence-electron chi connectivity index (χ4n) is 2.79. The molecule has 3 amide bonds. The Bertz CT molecular complexity index is 907. The van der Waals surface area contributed by atoms with Gasteiger partial charge in [-0.25, -0.2) is 4.79 Å². The predicted molar refractivity (Wildman–Crippen MR) is 130 cm³/mol. The second-order valence-corrected chi connectivity index (χ2v) is 10.2. The number of amides is 3. The molecule has 0 unspecified atom stereocenters. The lowest BCUT2D eigenvalue weighted by atomic mass is 9.98. The van der Waals surface area contributed by atoms with Crippen LogP contribution < -0.4 is 16.4 Å². The van der Waals surface area contributed by atoms with Crippen LogP contribution in [0.25, 0.3) is 0 Å². The molecule has 0 aliphatic heterocycles. The number of nitrogens with one attached hydrogen (secondary N) is 2. The van der Waals surface area contributed by atoms with E-state index >= 15 is 0 Å². The first kappa shape index (κ1) is 30.4. The van der Waals surface area contributed by atoms with Gasteiger partial charge >= 0.3 is 18.0 Å². The highest BCUT2D eigenvalue weighted by molar-refractivity contribution is 5.97. The summed E-state index contributed by atoms with van der Waals surface area (Å²) in [5.74, 6) is -5.09. The van der Waals surface area contributed by atoms with Crippen molar-refractivity contribution in [3.05, 3.63) is 35.9 Å². The van der Waals surface area contributed by atoms with E-state index < -0.39 is 65.5 Å². The number of carbonyl (C=O) groups excluding carboxylic acids is 5. The van der Waals surface area contributed by atoms with Gasteiger partial charge in [0, 0.05) is 6.42 Å². The van der Waals surface area contributed by atoms with Gasteiger partial charge in [0.15, 0.2) is 5.92 Å². The number of ether oxygens (including phenoxy) is 3. The van der Waals surface area contributed by atoms with Crippen LogP contribution in [0.2, 0.25) is 0 Å². The third-order valence-electron chi connectivity index (χ3n) is 4.46. The first-order valence-electron chi connectivity index (χ1n) is 11.5. The van der Waals surface area contributed by atoms with Crippen LogP contribution in [0.1, 0.15) is 60.5 Å². The summed E-state index contributed by atoms with van der Waals surface area (Å²) >= 11 is 0. The van der Waals surface area contributed by atoms with Crippen molar-refractivity contribution in [1.82, 2.24) is 10.6 Å². The molecule has 36 heavy (non-hydrogen) atoms. The van der Waals surface area contributed by atoms with Crippen LogP contribution in [-0.4, -0.2) is 53.1 Å². The maximum absolute atomic E-state index is 12.9. The molecule has 0 saturated carbocycles. The van der Waals surface area contributed by atoms with Crippen LogP contribution in [0.15, 0.2) is 30.3 Å². The van der Waals surface area contributed by atoms with Crippen LogP contribution >= 0.6 is 0 Å². The number of carbonyl (C=O) groups is 5. The van der Waals surface area contributed by atoms with E-state index in [2.05, 4.69) is 10.6 Å². The number of primary amides is 1. The minimum absolute atomic E-state index is 0.0831. The van der Waals surface area contributed by atoms with Gasteiger partial charge in [0.2, 0.25) is 11.8 Å². The highest BCUT2D eigenvalue weighted by Crippen LogP contribution is 2.20. The number of alkyl carbamates (subject to hydrolysis) is 1. The fraction of sp³-hybridized carbons (Fsp3) is 0.560. The lowest BCUT2D eigenvalue weighted by Gasteiger charge is -2.28. The molecule has 0 spiro atoms. The largest absolute Gasteiger partial charge is 0.459 e. The molecule has 200 valence electrons. The lowest BCUT2D eigenvalue weighted by molar-refractivity contribution is -0.175. The van der Waals surface area contributed by atoms with E-state index in [0.29, 0.717) is 5.56 Å². The van der Waals surface area contributed by atoms with Crippen molar-refractivity contribution < 1.29 is 38.2 Å². The quantitative estimate of drug-likeness (QED) is 0.246. The molecule has 1 rings (SSSR count). The summed E-state index contributed by atoms with van der Waals surface area (Å²) in [6.07, 6.45) is -1.49. The van der Waals surface area contributed by atoms with E-state index in [0.717, 1.165) is 0 Å². The van der Waals surface area contributed by atoms with Crippen LogP contribution in [0, 0.1) is 5.92 Å². The second-order valence-electron chi connectivity index (χ2n) is 10.2. The first-order chi connectivity index (χ1) is 16.5. The maximum Gasteiger partial charge on any atom is 0.408 e. The Kier molecular flexibility index (Phi) is 10.9. The number of hydrogen-bond acceptors (Lipinski definition) is 8. The summed E-state index contributed by atoms with van der Waals surface area (Å²) in [7, 11) is 0. The fourth-order valence-corrected chi connectivity index (χ4v) is 2.79. The van der Waals surface area contributed by atoms with Gasteiger partial charge in [-0.2, -0.15) is 0 Å². The van der Waals surface area contributed by atoms with Gasteiger partial charge in [0.1, 0.15) is 29.9 Å². The number of benzene rings is 1. The Labute approximate surface area is 211 Å². The number of esters is 2. The van der Waals surface area contributed by atoms with Crippen molar-refractivity contribution in [3.8, 4) is 0 Å². The average Bonchev–Trinajstić information content (AvgIpc) is 2.72. The minimum Gasteiger partial charge on any atom is -0.459 e. The van der Waals surface area contributed by atoms with E-state index in [1.807, 2.05) is 0 Å². The van der Waals surface area contributed by atoms with Crippen molar-refractivity contribution >= 4 is 29.8 Å². The molecule has 2 atom stereocenters. The number of nitrogens with two attached hydrogens (primary N) is 1. The van der Waals surface area contributed by atoms with Gasteiger partial charge in [-0.15, -0.1) is 0 Å². The zero-order chi connectivity index (χ0) is 27.7. The van der Waals surface area contributed by atoms with Crippen LogP contribution in [-0.2, 0) is 40.0 Å². The summed E-state index contributed by atoms with van der Waals surface area (Å²) in [5, 5.41) is 4.71. The molecule has 0 saturated heterocycles. The molecular formula is C25H37N3O8. The zero-order valence-corrected chi connectivity index (χ0v) is 21.9. The first-order valence-corrected chi connectivity index (χ1v) is 11.5. The Hall–Kier alpha value is -3.63. The van der Waals surface area contributed by atoms with Gasteiger partial charge in [0.05, 0.1) is 0 Å². The minimum atomic E-state index is -1.56. The molecule has 0 aliphatic rings. The lowest BCUT2D eigenvalue weighted by Crippen LogP contribution is -2.53. The van der Waals surface area contributed by atoms with Gasteiger partial charge < -0.3 is 30.6 Å². The van der Waals surface area contributed by atoms with Gasteiger partial charge in [0.25, 0.3) is 0 Å². The molecule has 0 aromatic heterocycles. The van der Waals surface area contributed by atoms with Gasteiger partial charge in [-0.05, 0) is 54.0 Å². The molecule has 11 heteroatoms. The summed E-state index contributed by atoms with van der Waals surface area (Å²) < 4.78 is 15.9. The van der Waals surface area contributed by atoms with Crippen molar-refractivity contribution in [2.24, 2.45) is 11.7 Å². The SMILES string of the molecule is C[C@H](NC(=O)[C@H](CC(C(=O)OC(C)(C)C)C(=O)OC(C)(C)C)NC(=O)OCc1ccccc1)C(N)=O. The van der Waals surface area contributed by atoms with E-state index in [4.69, 9.17) is 19.9 Å². The Morgan fingerprint density at radius 1 is 0.861 bits per heavy atom. The summed E-state index contributed by atoms with van der Waals surface area (Å²) in [6, 6.07) is 6.29. The molecule has 0 radical (unpaired) electrons. The van der Waals surface area contributed by atoms with Crippen molar-refractivity contribution in [1.29, 1.82) is 0 Å². The highest BCUT2D eigenvalue weighted by atomic mass is 16.6. The smallest absolute Gasteiger partial charge is 0.408 e. The van der Waals surface area contributed by atoms with E-state index in [1.54, 1.807) is 71.9 Å². The third-order valence-corrected chi connectivity index (χ3v) is 4.46. The van der Waals surface area contributed by atoms with E-state index in [9.17, 15) is 24.0 Å². The molecule has 0 heterocycles. The van der Waals surface area contributed by atoms with Gasteiger partial charge in [-0.1, -0.05) is 30.3 Å². The second kappa shape index (κ2) is 12.9. The standard InChI is InChI=1S/C25H37N3O8/c1-15(19(26)29)27-20(30)18(28-23(33)34-14-16-11-9-8-10-12-16)13-17(21(31)35-24(2,3)4)22(32)36-25(5,6)7/h8-12,15,17-18H,13-14H2,1-7H3,(H2,26,29)(H,27,30)(H,28,33)/t15-,18-/m0/s1. The van der Waals surface area contributed by atoms with E-state index in [-0.39, 0.29) is 6.61 Å². The van der Waals surface area contributed by atoms with Crippen LogP contribution in [0.3, 0.4) is 0 Å². The molecular weight excluding hydrogens is 470 g/mol. The molecule has 4 N–H and O–H groups in total. The van der Waals surface area contributed by atoms with Gasteiger partial charge in [-0.3, -0.25) is 19.2 Å². The normalized spacial score (nSPS) is 13.2. The van der Waals surface area contributed by atoms with Crippen LogP contribution in [0.5, 0.6) is 0 Å². The summed E-state index contributed by atoms with van der Waals surface area (Å²) in [4.78, 5) is 62.7. The molecule has 11 nitrogen and oxygen atoms in total. The van der Waals surface area contributed by atoms with E-state index in [1.165, 1.54) is 6.92 Å². The maximum atomic E-state index is 12.9. The average molecular weight is 508 g/mol. The van der Waals surface area contributed by atoms with Crippen molar-refractivity contribution in [2.75, 3.05) is 0 Å². The Balaban J connectivity index is 3.17. The molecule has 0 fully saturated rings. The molecule has 1 aromatic carbocycles. The molecule has 1 aromatic rings. The molecule has 0 bridgehead atoms. The third kappa shape index (κ3) is 11.7. The van der Waals surface area contributed by atoms with Crippen LogP contribution in [0.4, 0.5) is 4.79 Å². The van der Waals surface area contributed by atoms with Crippen molar-refractivity contribution in [2.45, 2.75) is 84.8 Å². The monoisotopic (exact) mass is 507 g/mol. The molecule has 0 aliphatic carbocycles.